The zero-order chi connectivity index (χ0) is 23.9. The zero-order valence-electron chi connectivity index (χ0n) is 19.0. The van der Waals surface area contributed by atoms with Gasteiger partial charge in [0.05, 0.1) is 12.8 Å². The Hall–Kier alpha value is -3.19. The maximum Gasteiger partial charge on any atom is 0.312 e. The molecule has 0 saturated carbocycles. The van der Waals surface area contributed by atoms with Gasteiger partial charge in [-0.25, -0.2) is 4.52 Å². The van der Waals surface area contributed by atoms with E-state index in [-0.39, 0.29) is 18.7 Å². The molecule has 4 nitrogen and oxygen atoms in total. The molecule has 0 atom stereocenters. The van der Waals surface area contributed by atoms with Crippen LogP contribution in [0.4, 0.5) is 0 Å². The minimum Gasteiger partial charge on any atom is -0.466 e. The molecule has 0 aliphatic rings. The number of benzene rings is 4. The molecule has 0 N–H and O–H groups in total. The fourth-order valence-corrected chi connectivity index (χ4v) is 11.5. The van der Waals surface area contributed by atoms with E-state index in [0.717, 1.165) is 10.6 Å². The average molecular weight is 487 g/mol. The van der Waals surface area contributed by atoms with E-state index in [1.54, 1.807) is 6.92 Å². The lowest BCUT2D eigenvalue weighted by Gasteiger charge is -2.28. The van der Waals surface area contributed by atoms with Crippen LogP contribution in [-0.2, 0) is 14.1 Å². The van der Waals surface area contributed by atoms with Gasteiger partial charge in [-0.3, -0.25) is 9.36 Å². The van der Waals surface area contributed by atoms with Crippen molar-refractivity contribution < 1.29 is 14.1 Å². The van der Waals surface area contributed by atoms with Crippen molar-refractivity contribution >= 4 is 41.5 Å². The van der Waals surface area contributed by atoms with Gasteiger partial charge in [-0.2, -0.15) is 0 Å². The van der Waals surface area contributed by atoms with Crippen LogP contribution in [0.3, 0.4) is 0 Å². The Kier molecular flexibility index (Phi) is 7.63. The Labute approximate surface area is 201 Å². The summed E-state index contributed by atoms with van der Waals surface area (Å²) in [5.74, 6) is -0.347. The Morgan fingerprint density at radius 1 is 0.647 bits per heavy atom. The molecule has 172 valence electrons. The highest BCUT2D eigenvalue weighted by Gasteiger charge is 2.35. The highest BCUT2D eigenvalue weighted by Crippen LogP contribution is 2.59. The van der Waals surface area contributed by atoms with Crippen LogP contribution in [0.25, 0.3) is 0 Å². The molecule has 0 bridgehead atoms. The molecule has 6 heteroatoms. The van der Waals surface area contributed by atoms with Crippen molar-refractivity contribution in [3.05, 3.63) is 121 Å². The van der Waals surface area contributed by atoms with Crippen LogP contribution in [0.2, 0.25) is 0 Å². The van der Waals surface area contributed by atoms with Gasteiger partial charge < -0.3 is 4.74 Å². The van der Waals surface area contributed by atoms with Gasteiger partial charge in [-0.05, 0) is 41.8 Å². The summed E-state index contributed by atoms with van der Waals surface area (Å²) in [6.07, 6.45) is 0.0402. The Morgan fingerprint density at radius 2 is 1.00 bits per heavy atom. The van der Waals surface area contributed by atoms with Crippen LogP contribution in [0.15, 0.2) is 126 Å². The fourth-order valence-electron chi connectivity index (χ4n) is 3.94. The molecule has 0 amide bonds. The molecule has 0 fully saturated rings. The Bertz CT molecular complexity index is 1240. The SMILES string of the molecule is CCOC(=O)CP(=NP(=O)(c1ccccc1)c1ccccc1)(c1ccccc1)c1ccccc1. The maximum absolute atomic E-state index is 15.0. The van der Waals surface area contributed by atoms with Crippen LogP contribution in [0.5, 0.6) is 0 Å². The molecule has 0 aliphatic carbocycles. The summed E-state index contributed by atoms with van der Waals surface area (Å²) < 4.78 is 25.7. The van der Waals surface area contributed by atoms with Gasteiger partial charge in [-0.1, -0.05) is 97.1 Å². The van der Waals surface area contributed by atoms with Crippen LogP contribution in [0, 0.1) is 0 Å². The van der Waals surface area contributed by atoms with E-state index in [2.05, 4.69) is 0 Å². The summed E-state index contributed by atoms with van der Waals surface area (Å²) in [7, 11) is -6.34. The van der Waals surface area contributed by atoms with E-state index < -0.39 is 14.3 Å². The number of hydrogen-bond acceptors (Lipinski definition) is 3. The fraction of sp³-hybridized carbons (Fsp3) is 0.107. The van der Waals surface area contributed by atoms with Crippen LogP contribution in [0.1, 0.15) is 6.92 Å². The summed E-state index contributed by atoms with van der Waals surface area (Å²) in [5.41, 5.74) is 0. The molecule has 4 aromatic carbocycles. The second-order valence-corrected chi connectivity index (χ2v) is 13.5. The number of nitrogens with zero attached hydrogens (tertiary/aromatic N) is 1. The Morgan fingerprint density at radius 3 is 1.35 bits per heavy atom. The van der Waals surface area contributed by atoms with Crippen molar-refractivity contribution in [1.82, 2.24) is 0 Å². The topological polar surface area (TPSA) is 55.7 Å². The van der Waals surface area contributed by atoms with Crippen LogP contribution >= 0.6 is 14.3 Å². The van der Waals surface area contributed by atoms with E-state index in [4.69, 9.17) is 9.25 Å². The summed E-state index contributed by atoms with van der Waals surface area (Å²) in [4.78, 5) is 13.0. The molecule has 4 rings (SSSR count). The quantitative estimate of drug-likeness (QED) is 0.249. The summed E-state index contributed by atoms with van der Waals surface area (Å²) in [5, 5.41) is 3.06. The molecule has 0 unspecified atom stereocenters. The second kappa shape index (κ2) is 10.8. The lowest BCUT2D eigenvalue weighted by atomic mass is 10.4. The number of hydrogen-bond donors (Lipinski definition) is 0. The third-order valence-corrected chi connectivity index (χ3v) is 12.8. The summed E-state index contributed by atoms with van der Waals surface area (Å²) >= 11 is 0. The molecule has 0 aliphatic heterocycles. The van der Waals surface area contributed by atoms with Gasteiger partial charge in [0.15, 0.2) is 0 Å². The monoisotopic (exact) mass is 487 g/mol. The van der Waals surface area contributed by atoms with Crippen molar-refractivity contribution in [3.8, 4) is 0 Å². The van der Waals surface area contributed by atoms with E-state index >= 15 is 4.57 Å². The molecule has 0 aromatic heterocycles. The molecule has 34 heavy (non-hydrogen) atoms. The van der Waals surface area contributed by atoms with Crippen molar-refractivity contribution in [2.45, 2.75) is 6.92 Å². The Balaban J connectivity index is 2.12. The molecule has 0 spiro atoms. The predicted octanol–water partition coefficient (Wildman–Crippen LogP) is 5.33. The zero-order valence-corrected chi connectivity index (χ0v) is 20.8. The van der Waals surface area contributed by atoms with Gasteiger partial charge in [0.25, 0.3) is 0 Å². The van der Waals surface area contributed by atoms with Crippen LogP contribution < -0.4 is 21.2 Å². The predicted molar refractivity (Wildman–Crippen MR) is 143 cm³/mol. The molecule has 0 saturated heterocycles. The lowest BCUT2D eigenvalue weighted by Crippen LogP contribution is -2.25. The number of carbonyl (C=O) groups is 1. The minimum atomic E-state index is -3.49. The molecule has 0 heterocycles. The summed E-state index contributed by atoms with van der Waals surface area (Å²) in [6, 6.07) is 38.2. The van der Waals surface area contributed by atoms with Gasteiger partial charge in [0.1, 0.15) is 0 Å². The first-order valence-electron chi connectivity index (χ1n) is 11.2. The average Bonchev–Trinajstić information content (AvgIpc) is 2.90. The number of esters is 1. The van der Waals surface area contributed by atoms with Crippen molar-refractivity contribution in [3.63, 3.8) is 0 Å². The smallest absolute Gasteiger partial charge is 0.312 e. The van der Waals surface area contributed by atoms with Crippen LogP contribution in [-0.4, -0.2) is 18.7 Å². The van der Waals surface area contributed by atoms with Gasteiger partial charge in [0, 0.05) is 17.7 Å². The number of ether oxygens (including phenoxy) is 1. The van der Waals surface area contributed by atoms with Gasteiger partial charge in [0.2, 0.25) is 7.29 Å². The van der Waals surface area contributed by atoms with E-state index in [1.165, 1.54) is 0 Å². The highest BCUT2D eigenvalue weighted by atomic mass is 31.2. The first kappa shape index (κ1) is 24.0. The third-order valence-electron chi connectivity index (χ3n) is 5.52. The van der Waals surface area contributed by atoms with Crippen molar-refractivity contribution in [2.75, 3.05) is 12.8 Å². The molecular weight excluding hydrogens is 460 g/mol. The number of carbonyl (C=O) groups excluding carboxylic acids is 1. The van der Waals surface area contributed by atoms with Gasteiger partial charge >= 0.3 is 5.97 Å². The second-order valence-electron chi connectivity index (χ2n) is 7.74. The van der Waals surface area contributed by atoms with Gasteiger partial charge in [-0.15, -0.1) is 0 Å². The van der Waals surface area contributed by atoms with E-state index in [1.807, 2.05) is 121 Å². The normalized spacial score (nSPS) is 11.6. The first-order chi connectivity index (χ1) is 16.6. The van der Waals surface area contributed by atoms with Crippen molar-refractivity contribution in [1.29, 1.82) is 0 Å². The highest BCUT2D eigenvalue weighted by molar-refractivity contribution is 7.90. The molecular formula is C28H27NO3P2. The van der Waals surface area contributed by atoms with E-state index in [9.17, 15) is 4.79 Å². The lowest BCUT2D eigenvalue weighted by molar-refractivity contribution is -0.139. The maximum atomic E-state index is 15.0. The third kappa shape index (κ3) is 4.99. The largest absolute Gasteiger partial charge is 0.466 e. The summed E-state index contributed by atoms with van der Waals surface area (Å²) in [6.45, 7) is 2.07. The van der Waals surface area contributed by atoms with E-state index in [0.29, 0.717) is 10.6 Å². The molecule has 4 aromatic rings. The standard InChI is InChI=1S/C28H27NO3P2/c1-2-32-28(30)23-33(24-15-7-3-8-16-24,25-17-9-4-10-18-25)29-34(31,26-19-11-5-12-20-26)27-21-13-6-14-22-27/h3-22H,2,23H2,1H3. The first-order valence-corrected chi connectivity index (χ1v) is 14.8. The minimum absolute atomic E-state index is 0.0402. The molecule has 0 radical (unpaired) electrons. The van der Waals surface area contributed by atoms with Crippen molar-refractivity contribution in [2.24, 2.45) is 4.52 Å². The number of rotatable bonds is 8.